The molecule has 138 valence electrons. The summed E-state index contributed by atoms with van der Waals surface area (Å²) in [6, 6.07) is 7.98. The Morgan fingerprint density at radius 1 is 1.12 bits per heavy atom. The number of benzene rings is 1. The van der Waals surface area contributed by atoms with Crippen LogP contribution in [-0.2, 0) is 4.74 Å². The van der Waals surface area contributed by atoms with Crippen LogP contribution in [0.3, 0.4) is 0 Å². The number of morpholine rings is 1. The molecule has 2 atom stereocenters. The van der Waals surface area contributed by atoms with E-state index in [1.807, 2.05) is 36.1 Å². The third-order valence-corrected chi connectivity index (χ3v) is 5.22. The van der Waals surface area contributed by atoms with Gasteiger partial charge in [0.05, 0.1) is 12.2 Å². The molecule has 5 nitrogen and oxygen atoms in total. The Balaban J connectivity index is 1.43. The van der Waals surface area contributed by atoms with Gasteiger partial charge in [0.2, 0.25) is 0 Å². The molecule has 0 saturated carbocycles. The van der Waals surface area contributed by atoms with E-state index in [4.69, 9.17) is 4.74 Å². The van der Waals surface area contributed by atoms with Crippen LogP contribution < -0.4 is 5.32 Å². The fourth-order valence-corrected chi connectivity index (χ4v) is 3.96. The molecule has 0 unspecified atom stereocenters. The van der Waals surface area contributed by atoms with Crippen molar-refractivity contribution in [3.05, 3.63) is 29.8 Å². The Kier molecular flexibility index (Phi) is 5.97. The zero-order chi connectivity index (χ0) is 17.8. The lowest BCUT2D eigenvalue weighted by Crippen LogP contribution is -2.49. The minimum absolute atomic E-state index is 0.0240. The van der Waals surface area contributed by atoms with E-state index < -0.39 is 0 Å². The summed E-state index contributed by atoms with van der Waals surface area (Å²) in [6.45, 7) is 11.2. The maximum Gasteiger partial charge on any atom is 0.321 e. The maximum atomic E-state index is 12.4. The summed E-state index contributed by atoms with van der Waals surface area (Å²) in [4.78, 5) is 16.9. The number of hydrogen-bond donors (Lipinski definition) is 1. The predicted octanol–water partition coefficient (Wildman–Crippen LogP) is 3.35. The summed E-state index contributed by atoms with van der Waals surface area (Å²) in [5.74, 6) is 0.681. The van der Waals surface area contributed by atoms with Gasteiger partial charge in [-0.1, -0.05) is 17.7 Å². The molecule has 0 aliphatic carbocycles. The summed E-state index contributed by atoms with van der Waals surface area (Å²) in [5.41, 5.74) is 2.07. The number of likely N-dealkylation sites (tertiary alicyclic amines) is 1. The predicted molar refractivity (Wildman–Crippen MR) is 101 cm³/mol. The van der Waals surface area contributed by atoms with E-state index in [-0.39, 0.29) is 6.03 Å². The lowest BCUT2D eigenvalue weighted by molar-refractivity contribution is -0.0728. The van der Waals surface area contributed by atoms with Crippen LogP contribution >= 0.6 is 0 Å². The molecule has 0 aromatic heterocycles. The molecule has 0 radical (unpaired) electrons. The first kappa shape index (κ1) is 18.2. The number of carbonyl (C=O) groups excluding carboxylic acids is 1. The third kappa shape index (κ3) is 5.19. The van der Waals surface area contributed by atoms with E-state index in [1.54, 1.807) is 0 Å². The number of rotatable bonds is 3. The Labute approximate surface area is 151 Å². The number of hydrogen-bond acceptors (Lipinski definition) is 3. The highest BCUT2D eigenvalue weighted by molar-refractivity contribution is 5.89. The second-order valence-electron chi connectivity index (χ2n) is 7.70. The molecular weight excluding hydrogens is 314 g/mol. The second kappa shape index (κ2) is 8.19. The molecule has 2 saturated heterocycles. The number of ether oxygens (including phenoxy) is 1. The van der Waals surface area contributed by atoms with E-state index >= 15 is 0 Å². The molecule has 3 rings (SSSR count). The van der Waals surface area contributed by atoms with Crippen LogP contribution in [0.5, 0.6) is 0 Å². The Morgan fingerprint density at radius 3 is 2.32 bits per heavy atom. The summed E-state index contributed by atoms with van der Waals surface area (Å²) < 4.78 is 5.82. The van der Waals surface area contributed by atoms with Crippen LogP contribution in [0, 0.1) is 12.8 Å². The Morgan fingerprint density at radius 2 is 1.72 bits per heavy atom. The molecule has 1 aromatic rings. The van der Waals surface area contributed by atoms with Gasteiger partial charge in [0.25, 0.3) is 0 Å². The van der Waals surface area contributed by atoms with Crippen molar-refractivity contribution in [3.8, 4) is 0 Å². The van der Waals surface area contributed by atoms with Crippen molar-refractivity contribution >= 4 is 11.7 Å². The number of anilines is 1. The molecule has 2 fully saturated rings. The van der Waals surface area contributed by atoms with Gasteiger partial charge in [-0.3, -0.25) is 4.90 Å². The van der Waals surface area contributed by atoms with Gasteiger partial charge in [0, 0.05) is 38.4 Å². The van der Waals surface area contributed by atoms with Gasteiger partial charge in [0.1, 0.15) is 0 Å². The fourth-order valence-electron chi connectivity index (χ4n) is 3.96. The fraction of sp³-hybridized carbons (Fsp3) is 0.650. The van der Waals surface area contributed by atoms with Crippen molar-refractivity contribution in [2.75, 3.05) is 38.0 Å². The lowest BCUT2D eigenvalue weighted by atomic mass is 9.96. The Bertz CT molecular complexity index is 557. The van der Waals surface area contributed by atoms with E-state index in [2.05, 4.69) is 24.1 Å². The molecule has 0 spiro atoms. The van der Waals surface area contributed by atoms with E-state index in [1.165, 1.54) is 5.56 Å². The van der Waals surface area contributed by atoms with E-state index in [0.29, 0.717) is 18.1 Å². The average molecular weight is 345 g/mol. The number of aryl methyl sites for hydroxylation is 1. The molecule has 25 heavy (non-hydrogen) atoms. The van der Waals surface area contributed by atoms with Crippen molar-refractivity contribution in [3.63, 3.8) is 0 Å². The summed E-state index contributed by atoms with van der Waals surface area (Å²) in [5, 5.41) is 3.01. The van der Waals surface area contributed by atoms with Crippen molar-refractivity contribution < 1.29 is 9.53 Å². The maximum absolute atomic E-state index is 12.4. The number of piperidine rings is 1. The van der Waals surface area contributed by atoms with E-state index in [0.717, 1.165) is 51.3 Å². The highest BCUT2D eigenvalue weighted by Crippen LogP contribution is 2.21. The number of urea groups is 1. The second-order valence-corrected chi connectivity index (χ2v) is 7.70. The summed E-state index contributed by atoms with van der Waals surface area (Å²) in [6.07, 6.45) is 2.82. The van der Waals surface area contributed by atoms with Crippen molar-refractivity contribution in [2.45, 2.75) is 45.8 Å². The normalized spacial score (nSPS) is 25.8. The smallest absolute Gasteiger partial charge is 0.321 e. The summed E-state index contributed by atoms with van der Waals surface area (Å²) in [7, 11) is 0. The summed E-state index contributed by atoms with van der Waals surface area (Å²) >= 11 is 0. The van der Waals surface area contributed by atoms with Gasteiger partial charge in [-0.25, -0.2) is 4.79 Å². The van der Waals surface area contributed by atoms with Crippen LogP contribution in [0.4, 0.5) is 10.5 Å². The Hall–Kier alpha value is -1.59. The standard InChI is InChI=1S/C20H31N3O2/c1-15-4-6-19(7-5-15)21-20(24)23-10-8-18(9-11-23)14-22-12-16(2)25-17(3)13-22/h4-7,16-18H,8-14H2,1-3H3,(H,21,24)/t16-,17-/m0/s1. The van der Waals surface area contributed by atoms with Crippen molar-refractivity contribution in [1.29, 1.82) is 0 Å². The quantitative estimate of drug-likeness (QED) is 0.914. The molecule has 2 aliphatic heterocycles. The molecular formula is C20H31N3O2. The minimum atomic E-state index is 0.0240. The molecule has 2 amide bonds. The van der Waals surface area contributed by atoms with Gasteiger partial charge in [0.15, 0.2) is 0 Å². The van der Waals surface area contributed by atoms with Gasteiger partial charge in [-0.2, -0.15) is 0 Å². The van der Waals surface area contributed by atoms with Crippen LogP contribution in [-0.4, -0.2) is 60.8 Å². The highest BCUT2D eigenvalue weighted by atomic mass is 16.5. The number of nitrogens with zero attached hydrogens (tertiary/aromatic N) is 2. The topological polar surface area (TPSA) is 44.8 Å². The van der Waals surface area contributed by atoms with Crippen LogP contribution in [0.25, 0.3) is 0 Å². The molecule has 2 aliphatic rings. The first-order valence-corrected chi connectivity index (χ1v) is 9.50. The monoisotopic (exact) mass is 345 g/mol. The molecule has 2 heterocycles. The molecule has 1 N–H and O–H groups in total. The number of amides is 2. The SMILES string of the molecule is Cc1ccc(NC(=O)N2CCC(CN3C[C@H](C)O[C@@H](C)C3)CC2)cc1. The highest BCUT2D eigenvalue weighted by Gasteiger charge is 2.27. The van der Waals surface area contributed by atoms with Crippen LogP contribution in [0.2, 0.25) is 0 Å². The van der Waals surface area contributed by atoms with Crippen LogP contribution in [0.15, 0.2) is 24.3 Å². The average Bonchev–Trinajstić information content (AvgIpc) is 2.56. The first-order chi connectivity index (χ1) is 12.0. The minimum Gasteiger partial charge on any atom is -0.373 e. The van der Waals surface area contributed by atoms with Gasteiger partial charge >= 0.3 is 6.03 Å². The third-order valence-electron chi connectivity index (χ3n) is 5.22. The first-order valence-electron chi connectivity index (χ1n) is 9.50. The number of carbonyl (C=O) groups is 1. The molecule has 0 bridgehead atoms. The van der Waals surface area contributed by atoms with Gasteiger partial charge in [-0.05, 0) is 51.7 Å². The van der Waals surface area contributed by atoms with Gasteiger partial charge < -0.3 is 15.0 Å². The van der Waals surface area contributed by atoms with Gasteiger partial charge in [-0.15, -0.1) is 0 Å². The lowest BCUT2D eigenvalue weighted by Gasteiger charge is -2.39. The van der Waals surface area contributed by atoms with Crippen LogP contribution in [0.1, 0.15) is 32.3 Å². The zero-order valence-electron chi connectivity index (χ0n) is 15.7. The largest absolute Gasteiger partial charge is 0.373 e. The van der Waals surface area contributed by atoms with E-state index in [9.17, 15) is 4.79 Å². The van der Waals surface area contributed by atoms with Crippen molar-refractivity contribution in [1.82, 2.24) is 9.80 Å². The zero-order valence-corrected chi connectivity index (χ0v) is 15.7. The molecule has 1 aromatic carbocycles. The molecule has 5 heteroatoms. The van der Waals surface area contributed by atoms with Crippen molar-refractivity contribution in [2.24, 2.45) is 5.92 Å². The number of nitrogens with one attached hydrogen (secondary N) is 1.